The van der Waals surface area contributed by atoms with E-state index in [1.54, 1.807) is 31.4 Å². The number of nitrogens with one attached hydrogen (secondary N) is 1. The highest BCUT2D eigenvalue weighted by Gasteiger charge is 2.21. The summed E-state index contributed by atoms with van der Waals surface area (Å²) in [5.74, 6) is 1.40. The fraction of sp³-hybridized carbons (Fsp3) is 0.357. The molecule has 0 aliphatic heterocycles. The summed E-state index contributed by atoms with van der Waals surface area (Å²) in [5.41, 5.74) is 1.49. The largest absolute Gasteiger partial charge is 0.496 e. The molecule has 1 amide bonds. The van der Waals surface area contributed by atoms with Gasteiger partial charge in [0.25, 0.3) is 5.91 Å². The Morgan fingerprint density at radius 3 is 2.94 bits per heavy atom. The van der Waals surface area contributed by atoms with Crippen molar-refractivity contribution in [1.29, 1.82) is 0 Å². The molecule has 3 nitrogen and oxygen atoms in total. The highest BCUT2D eigenvalue weighted by Crippen LogP contribution is 2.27. The molecule has 90 valence electrons. The summed E-state index contributed by atoms with van der Waals surface area (Å²) in [4.78, 5) is 11.9. The van der Waals surface area contributed by atoms with Gasteiger partial charge in [-0.2, -0.15) is 0 Å². The van der Waals surface area contributed by atoms with Crippen molar-refractivity contribution >= 4 is 12.0 Å². The average Bonchev–Trinajstić information content (AvgIpc) is 3.19. The highest BCUT2D eigenvalue weighted by molar-refractivity contribution is 5.95. The summed E-state index contributed by atoms with van der Waals surface area (Å²) in [6, 6.07) is 5.37. The first-order chi connectivity index (χ1) is 8.24. The zero-order chi connectivity index (χ0) is 12.3. The predicted octanol–water partition coefficient (Wildman–Crippen LogP) is 2.48. The summed E-state index contributed by atoms with van der Waals surface area (Å²) >= 11 is 0. The van der Waals surface area contributed by atoms with Gasteiger partial charge in [-0.25, -0.2) is 0 Å². The molecule has 0 radical (unpaired) electrons. The van der Waals surface area contributed by atoms with Gasteiger partial charge in [-0.15, -0.1) is 0 Å². The van der Waals surface area contributed by atoms with Crippen molar-refractivity contribution in [3.63, 3.8) is 0 Å². The fourth-order valence-corrected chi connectivity index (χ4v) is 1.70. The molecule has 1 fully saturated rings. The second kappa shape index (κ2) is 5.04. The van der Waals surface area contributed by atoms with Crippen molar-refractivity contribution < 1.29 is 9.53 Å². The van der Waals surface area contributed by atoms with Gasteiger partial charge >= 0.3 is 0 Å². The third-order valence-corrected chi connectivity index (χ3v) is 2.96. The van der Waals surface area contributed by atoms with E-state index in [0.29, 0.717) is 11.5 Å². The smallest absolute Gasteiger partial charge is 0.251 e. The Balaban J connectivity index is 2.08. The number of benzene rings is 1. The monoisotopic (exact) mass is 231 g/mol. The zero-order valence-electron chi connectivity index (χ0n) is 10.0. The van der Waals surface area contributed by atoms with E-state index >= 15 is 0 Å². The number of carbonyl (C=O) groups excluding carboxylic acids is 1. The minimum absolute atomic E-state index is 0.0253. The van der Waals surface area contributed by atoms with Crippen molar-refractivity contribution in [1.82, 2.24) is 5.32 Å². The molecule has 0 aromatic heterocycles. The van der Waals surface area contributed by atoms with Crippen LogP contribution in [0.5, 0.6) is 5.75 Å². The Morgan fingerprint density at radius 2 is 2.35 bits per heavy atom. The van der Waals surface area contributed by atoms with Crippen molar-refractivity contribution in [2.45, 2.75) is 12.8 Å². The molecule has 1 aliphatic carbocycles. The Morgan fingerprint density at radius 1 is 1.59 bits per heavy atom. The standard InChI is InChI=1S/C14H17NO2/c1-3-11-8-12(6-7-13(11)17-2)14(16)15-9-10-4-5-10/h3,6-8,10H,1,4-5,9H2,2H3,(H,15,16). The minimum atomic E-state index is -0.0253. The lowest BCUT2D eigenvalue weighted by Gasteiger charge is -2.08. The number of methoxy groups -OCH3 is 1. The molecule has 1 aliphatic rings. The van der Waals surface area contributed by atoms with Crippen molar-refractivity contribution in [3.8, 4) is 5.75 Å². The molecule has 1 N–H and O–H groups in total. The summed E-state index contributed by atoms with van der Waals surface area (Å²) in [6.07, 6.45) is 4.16. The minimum Gasteiger partial charge on any atom is -0.496 e. The van der Waals surface area contributed by atoms with Crippen LogP contribution in [0.15, 0.2) is 24.8 Å². The van der Waals surface area contributed by atoms with Gasteiger partial charge in [-0.3, -0.25) is 4.79 Å². The average molecular weight is 231 g/mol. The number of hydrogen-bond donors (Lipinski definition) is 1. The maximum Gasteiger partial charge on any atom is 0.251 e. The molecular formula is C14H17NO2. The number of amides is 1. The fourth-order valence-electron chi connectivity index (χ4n) is 1.70. The van der Waals surface area contributed by atoms with Crippen LogP contribution < -0.4 is 10.1 Å². The zero-order valence-corrected chi connectivity index (χ0v) is 10.0. The van der Waals surface area contributed by atoms with E-state index in [4.69, 9.17) is 4.74 Å². The molecule has 0 heterocycles. The molecule has 2 rings (SSSR count). The second-order valence-corrected chi connectivity index (χ2v) is 4.31. The molecule has 17 heavy (non-hydrogen) atoms. The van der Waals surface area contributed by atoms with E-state index in [0.717, 1.165) is 17.9 Å². The summed E-state index contributed by atoms with van der Waals surface area (Å²) in [7, 11) is 1.61. The van der Waals surface area contributed by atoms with Crippen LogP contribution in [0.25, 0.3) is 6.08 Å². The number of ether oxygens (including phenoxy) is 1. The molecule has 1 aromatic rings. The predicted molar refractivity (Wildman–Crippen MR) is 68.1 cm³/mol. The van der Waals surface area contributed by atoms with Gasteiger partial charge in [0.2, 0.25) is 0 Å². The van der Waals surface area contributed by atoms with Crippen LogP contribution in [0.3, 0.4) is 0 Å². The second-order valence-electron chi connectivity index (χ2n) is 4.31. The van der Waals surface area contributed by atoms with Crippen molar-refractivity contribution in [2.24, 2.45) is 5.92 Å². The van der Waals surface area contributed by atoms with Crippen molar-refractivity contribution in [2.75, 3.05) is 13.7 Å². The molecular weight excluding hydrogens is 214 g/mol. The number of rotatable bonds is 5. The van der Waals surface area contributed by atoms with Crippen LogP contribution in [0.4, 0.5) is 0 Å². The molecule has 3 heteroatoms. The lowest BCUT2D eigenvalue weighted by atomic mass is 10.1. The summed E-state index contributed by atoms with van der Waals surface area (Å²) < 4.78 is 5.18. The lowest BCUT2D eigenvalue weighted by Crippen LogP contribution is -2.25. The summed E-state index contributed by atoms with van der Waals surface area (Å²) in [5, 5.41) is 2.94. The van der Waals surface area contributed by atoms with Gasteiger partial charge in [-0.05, 0) is 37.0 Å². The first kappa shape index (κ1) is 11.7. The quantitative estimate of drug-likeness (QED) is 0.845. The Kier molecular flexibility index (Phi) is 3.47. The lowest BCUT2D eigenvalue weighted by molar-refractivity contribution is 0.0952. The van der Waals surface area contributed by atoms with E-state index in [1.807, 2.05) is 0 Å². The number of hydrogen-bond acceptors (Lipinski definition) is 2. The first-order valence-corrected chi connectivity index (χ1v) is 5.83. The molecule has 1 saturated carbocycles. The van der Waals surface area contributed by atoms with Gasteiger partial charge < -0.3 is 10.1 Å². The van der Waals surface area contributed by atoms with Gasteiger partial charge in [0.1, 0.15) is 5.75 Å². The normalized spacial score (nSPS) is 14.2. The van der Waals surface area contributed by atoms with Crippen LogP contribution in [0.1, 0.15) is 28.8 Å². The van der Waals surface area contributed by atoms with E-state index in [-0.39, 0.29) is 5.91 Å². The molecule has 0 unspecified atom stereocenters. The van der Waals surface area contributed by atoms with E-state index < -0.39 is 0 Å². The molecule has 1 aromatic carbocycles. The number of carbonyl (C=O) groups is 1. The summed E-state index contributed by atoms with van der Waals surface area (Å²) in [6.45, 7) is 4.50. The van der Waals surface area contributed by atoms with Crippen LogP contribution >= 0.6 is 0 Å². The Labute approximate surface area is 101 Å². The molecule has 0 saturated heterocycles. The Bertz CT molecular complexity index is 436. The van der Waals surface area contributed by atoms with E-state index in [9.17, 15) is 4.79 Å². The SMILES string of the molecule is C=Cc1cc(C(=O)NCC2CC2)ccc1OC. The van der Waals surface area contributed by atoms with Gasteiger partial charge in [-0.1, -0.05) is 12.7 Å². The highest BCUT2D eigenvalue weighted by atomic mass is 16.5. The van der Waals surface area contributed by atoms with Gasteiger partial charge in [0, 0.05) is 17.7 Å². The third kappa shape index (κ3) is 2.87. The third-order valence-electron chi connectivity index (χ3n) is 2.96. The molecule has 0 atom stereocenters. The van der Waals surface area contributed by atoms with Crippen LogP contribution in [-0.2, 0) is 0 Å². The van der Waals surface area contributed by atoms with E-state index in [2.05, 4.69) is 11.9 Å². The Hall–Kier alpha value is -1.77. The van der Waals surface area contributed by atoms with Crippen LogP contribution in [0, 0.1) is 5.92 Å². The van der Waals surface area contributed by atoms with Crippen LogP contribution in [-0.4, -0.2) is 19.6 Å². The molecule has 0 spiro atoms. The molecule has 0 bridgehead atoms. The van der Waals surface area contributed by atoms with Crippen LogP contribution in [0.2, 0.25) is 0 Å². The first-order valence-electron chi connectivity index (χ1n) is 5.83. The maximum absolute atomic E-state index is 11.9. The van der Waals surface area contributed by atoms with E-state index in [1.165, 1.54) is 12.8 Å². The maximum atomic E-state index is 11.9. The van der Waals surface area contributed by atoms with Gasteiger partial charge in [0.05, 0.1) is 7.11 Å². The topological polar surface area (TPSA) is 38.3 Å². The van der Waals surface area contributed by atoms with Gasteiger partial charge in [0.15, 0.2) is 0 Å². The van der Waals surface area contributed by atoms with Crippen molar-refractivity contribution in [3.05, 3.63) is 35.9 Å².